The Morgan fingerprint density at radius 2 is 2.13 bits per heavy atom. The lowest BCUT2D eigenvalue weighted by atomic mass is 9.89. The molecule has 2 unspecified atom stereocenters. The third-order valence-corrected chi connectivity index (χ3v) is 3.95. The van der Waals surface area contributed by atoms with Crippen molar-refractivity contribution in [3.63, 3.8) is 0 Å². The Labute approximate surface area is 90.9 Å². The molecule has 86 valence electrons. The molecule has 2 atom stereocenters. The van der Waals surface area contributed by atoms with Gasteiger partial charge in [-0.3, -0.25) is 10.2 Å². The van der Waals surface area contributed by atoms with Crippen molar-refractivity contribution < 1.29 is 9.47 Å². The maximum absolute atomic E-state index is 5.77. The summed E-state index contributed by atoms with van der Waals surface area (Å²) in [6.07, 6.45) is 3.98. The van der Waals surface area contributed by atoms with Gasteiger partial charge in [-0.1, -0.05) is 6.42 Å². The van der Waals surface area contributed by atoms with E-state index in [1.54, 1.807) is 0 Å². The molecule has 3 heterocycles. The number of morpholine rings is 1. The number of hydrogen-bond acceptors (Lipinski definition) is 4. The minimum atomic E-state index is 0.127. The van der Waals surface area contributed by atoms with Gasteiger partial charge < -0.3 is 9.47 Å². The minimum Gasteiger partial charge on any atom is -0.378 e. The molecule has 4 heteroatoms. The van der Waals surface area contributed by atoms with Crippen LogP contribution in [-0.2, 0) is 9.47 Å². The fraction of sp³-hybridized carbons (Fsp3) is 1.00. The highest BCUT2D eigenvalue weighted by Gasteiger charge is 2.46. The highest BCUT2D eigenvalue weighted by atomic mass is 16.5. The molecule has 3 aliphatic heterocycles. The van der Waals surface area contributed by atoms with E-state index in [-0.39, 0.29) is 5.54 Å². The largest absolute Gasteiger partial charge is 0.378 e. The van der Waals surface area contributed by atoms with Crippen LogP contribution in [0.4, 0.5) is 0 Å². The lowest BCUT2D eigenvalue weighted by Crippen LogP contribution is -2.70. The van der Waals surface area contributed by atoms with Gasteiger partial charge in [-0.15, -0.1) is 0 Å². The van der Waals surface area contributed by atoms with E-state index in [0.29, 0.717) is 12.8 Å². The van der Waals surface area contributed by atoms with Gasteiger partial charge in [-0.25, -0.2) is 0 Å². The molecule has 0 bridgehead atoms. The first-order valence-electron chi connectivity index (χ1n) is 6.04. The number of rotatable bonds is 0. The summed E-state index contributed by atoms with van der Waals surface area (Å²) in [5.74, 6) is 0. The average molecular weight is 212 g/mol. The van der Waals surface area contributed by atoms with E-state index >= 15 is 0 Å². The second-order valence-corrected chi connectivity index (χ2v) is 5.00. The summed E-state index contributed by atoms with van der Waals surface area (Å²) in [6.45, 7) is 5.51. The van der Waals surface area contributed by atoms with Gasteiger partial charge in [0.2, 0.25) is 0 Å². The fourth-order valence-electron chi connectivity index (χ4n) is 3.19. The molecule has 1 spiro atoms. The Kier molecular flexibility index (Phi) is 2.68. The summed E-state index contributed by atoms with van der Waals surface area (Å²) in [4.78, 5) is 2.64. The van der Waals surface area contributed by atoms with Gasteiger partial charge in [-0.05, 0) is 19.4 Å². The predicted molar refractivity (Wildman–Crippen MR) is 56.7 cm³/mol. The van der Waals surface area contributed by atoms with Crippen molar-refractivity contribution in [3.05, 3.63) is 0 Å². The summed E-state index contributed by atoms with van der Waals surface area (Å²) in [5.41, 5.74) is 0.127. The van der Waals surface area contributed by atoms with E-state index in [2.05, 4.69) is 10.2 Å². The first-order chi connectivity index (χ1) is 7.41. The maximum Gasteiger partial charge on any atom is 0.0966 e. The highest BCUT2D eigenvalue weighted by molar-refractivity contribution is 5.01. The number of fused-ring (bicyclic) bond motifs is 2. The lowest BCUT2D eigenvalue weighted by Gasteiger charge is -2.54. The Morgan fingerprint density at radius 1 is 1.20 bits per heavy atom. The summed E-state index contributed by atoms with van der Waals surface area (Å²) >= 11 is 0. The monoisotopic (exact) mass is 212 g/mol. The van der Waals surface area contributed by atoms with Gasteiger partial charge in [-0.2, -0.15) is 0 Å². The zero-order valence-corrected chi connectivity index (χ0v) is 9.21. The molecule has 3 fully saturated rings. The van der Waals surface area contributed by atoms with Crippen LogP contribution in [-0.4, -0.2) is 56.1 Å². The van der Waals surface area contributed by atoms with Crippen LogP contribution >= 0.6 is 0 Å². The van der Waals surface area contributed by atoms with Crippen molar-refractivity contribution in [1.29, 1.82) is 0 Å². The first-order valence-corrected chi connectivity index (χ1v) is 6.04. The Bertz CT molecular complexity index is 221. The van der Waals surface area contributed by atoms with Crippen LogP contribution in [0.15, 0.2) is 0 Å². The van der Waals surface area contributed by atoms with Crippen LogP contribution in [0.2, 0.25) is 0 Å². The zero-order chi connectivity index (χ0) is 10.1. The molecule has 0 aromatic rings. The molecule has 1 N–H and O–H groups in total. The van der Waals surface area contributed by atoms with Crippen LogP contribution in [0.25, 0.3) is 0 Å². The second kappa shape index (κ2) is 4.01. The Hall–Kier alpha value is -0.160. The molecule has 0 aromatic heterocycles. The fourth-order valence-corrected chi connectivity index (χ4v) is 3.19. The number of nitrogens with zero attached hydrogens (tertiary/aromatic N) is 1. The number of piperidine rings is 1. The molecule has 0 amide bonds. The molecule has 0 aliphatic carbocycles. The number of nitrogens with one attached hydrogen (secondary N) is 1. The third kappa shape index (κ3) is 1.69. The van der Waals surface area contributed by atoms with Crippen molar-refractivity contribution in [2.45, 2.75) is 30.8 Å². The minimum absolute atomic E-state index is 0.127. The van der Waals surface area contributed by atoms with Crippen molar-refractivity contribution in [2.24, 2.45) is 0 Å². The normalized spacial score (nSPS) is 42.8. The van der Waals surface area contributed by atoms with E-state index in [0.717, 1.165) is 26.4 Å². The van der Waals surface area contributed by atoms with Crippen molar-refractivity contribution >= 4 is 0 Å². The molecule has 3 aliphatic rings. The Morgan fingerprint density at radius 3 is 3.00 bits per heavy atom. The molecule has 3 rings (SSSR count). The van der Waals surface area contributed by atoms with Crippen molar-refractivity contribution in [3.8, 4) is 0 Å². The summed E-state index contributed by atoms with van der Waals surface area (Å²) in [7, 11) is 0. The van der Waals surface area contributed by atoms with Crippen LogP contribution in [0, 0.1) is 0 Å². The first kappa shape index (κ1) is 10.0. The number of hydrogen-bond donors (Lipinski definition) is 1. The molecule has 4 nitrogen and oxygen atoms in total. The van der Waals surface area contributed by atoms with E-state index in [9.17, 15) is 0 Å². The van der Waals surface area contributed by atoms with E-state index in [1.807, 2.05) is 0 Å². The molecule has 15 heavy (non-hydrogen) atoms. The molecule has 0 radical (unpaired) electrons. The van der Waals surface area contributed by atoms with Gasteiger partial charge in [0.1, 0.15) is 0 Å². The quantitative estimate of drug-likeness (QED) is 0.621. The SMILES string of the molecule is C1CCN2C(C1)COCC21CNCOC1. The summed E-state index contributed by atoms with van der Waals surface area (Å²) < 4.78 is 11.3. The molecule has 3 saturated heterocycles. The van der Waals surface area contributed by atoms with Gasteiger partial charge >= 0.3 is 0 Å². The van der Waals surface area contributed by atoms with Gasteiger partial charge in [0.25, 0.3) is 0 Å². The van der Waals surface area contributed by atoms with Crippen molar-refractivity contribution in [1.82, 2.24) is 10.2 Å². The van der Waals surface area contributed by atoms with E-state index in [1.165, 1.54) is 25.8 Å². The van der Waals surface area contributed by atoms with Gasteiger partial charge in [0.15, 0.2) is 0 Å². The van der Waals surface area contributed by atoms with Crippen LogP contribution in [0.1, 0.15) is 19.3 Å². The summed E-state index contributed by atoms with van der Waals surface area (Å²) in [6, 6.07) is 0.635. The van der Waals surface area contributed by atoms with Crippen LogP contribution in [0.5, 0.6) is 0 Å². The topological polar surface area (TPSA) is 33.7 Å². The summed E-state index contributed by atoms with van der Waals surface area (Å²) in [5, 5.41) is 3.33. The second-order valence-electron chi connectivity index (χ2n) is 5.00. The van der Waals surface area contributed by atoms with Gasteiger partial charge in [0.05, 0.1) is 32.1 Å². The predicted octanol–water partition coefficient (Wildman–Crippen LogP) is 0.187. The standard InChI is InChI=1S/C11H20N2O2/c1-2-4-13-10(3-1)5-14-7-11(13)6-12-9-15-8-11/h10,12H,1-9H2. The van der Waals surface area contributed by atoms with E-state index in [4.69, 9.17) is 9.47 Å². The number of ether oxygens (including phenoxy) is 2. The molecular formula is C11H20N2O2. The molecular weight excluding hydrogens is 192 g/mol. The Balaban J connectivity index is 1.79. The molecule has 0 aromatic carbocycles. The smallest absolute Gasteiger partial charge is 0.0966 e. The van der Waals surface area contributed by atoms with Gasteiger partial charge in [0, 0.05) is 12.6 Å². The zero-order valence-electron chi connectivity index (χ0n) is 9.21. The van der Waals surface area contributed by atoms with Crippen LogP contribution < -0.4 is 5.32 Å². The third-order valence-electron chi connectivity index (χ3n) is 3.95. The van der Waals surface area contributed by atoms with Crippen LogP contribution in [0.3, 0.4) is 0 Å². The van der Waals surface area contributed by atoms with E-state index < -0.39 is 0 Å². The molecule has 0 saturated carbocycles. The lowest BCUT2D eigenvalue weighted by molar-refractivity contribution is -0.160. The average Bonchev–Trinajstić information content (AvgIpc) is 2.31. The van der Waals surface area contributed by atoms with Crippen molar-refractivity contribution in [2.75, 3.05) is 39.6 Å². The maximum atomic E-state index is 5.77. The highest BCUT2D eigenvalue weighted by Crippen LogP contribution is 2.31.